The van der Waals surface area contributed by atoms with Crippen LogP contribution in [0, 0.1) is 17.0 Å². The van der Waals surface area contributed by atoms with Crippen LogP contribution in [0.4, 0.5) is 20.2 Å². The van der Waals surface area contributed by atoms with Crippen LogP contribution in [0.15, 0.2) is 66.9 Å². The normalized spacial score (nSPS) is 12.0. The van der Waals surface area contributed by atoms with Gasteiger partial charge in [0.05, 0.1) is 12.6 Å². The number of rotatable bonds is 10. The topological polar surface area (TPSA) is 142 Å². The van der Waals surface area contributed by atoms with E-state index in [1.54, 1.807) is 24.4 Å². The minimum atomic E-state index is -0.610. The molecule has 0 aliphatic heterocycles. The second kappa shape index (κ2) is 17.8. The monoisotopic (exact) mass is 610 g/mol. The van der Waals surface area contributed by atoms with Crippen molar-refractivity contribution in [2.45, 2.75) is 26.7 Å². The maximum Gasteiger partial charge on any atom is 0.211 e. The van der Waals surface area contributed by atoms with E-state index in [2.05, 4.69) is 29.5 Å². The summed E-state index contributed by atoms with van der Waals surface area (Å²) in [6.45, 7) is 7.30. The van der Waals surface area contributed by atoms with Crippen molar-refractivity contribution in [3.8, 4) is 23.0 Å². The largest absolute Gasteiger partial charge is 0.493 e. The number of halogens is 2. The van der Waals surface area contributed by atoms with Gasteiger partial charge in [-0.15, -0.1) is 0 Å². The summed E-state index contributed by atoms with van der Waals surface area (Å²) >= 11 is 0. The molecule has 0 unspecified atom stereocenters. The minimum Gasteiger partial charge on any atom is -0.493 e. The number of carbonyl (C=O) groups is 3. The molecule has 4 aromatic rings. The van der Waals surface area contributed by atoms with E-state index in [-0.39, 0.29) is 11.6 Å². The van der Waals surface area contributed by atoms with Gasteiger partial charge in [0.1, 0.15) is 25.0 Å². The van der Waals surface area contributed by atoms with Crippen LogP contribution in [0.5, 0.6) is 23.0 Å². The summed E-state index contributed by atoms with van der Waals surface area (Å²) < 4.78 is 43.1. The molecule has 10 nitrogen and oxygen atoms in total. The van der Waals surface area contributed by atoms with E-state index in [0.29, 0.717) is 65.5 Å². The molecule has 0 atom stereocenters. The number of amides is 2. The molecular formula is C32H36F2N4O6. The highest BCUT2D eigenvalue weighted by molar-refractivity contribution is 5.88. The number of ether oxygens (including phenoxy) is 3. The van der Waals surface area contributed by atoms with Crippen LogP contribution < -0.4 is 30.6 Å². The fourth-order valence-corrected chi connectivity index (χ4v) is 3.38. The van der Waals surface area contributed by atoms with Crippen LogP contribution >= 0.6 is 0 Å². The first-order chi connectivity index (χ1) is 21.2. The van der Waals surface area contributed by atoms with Crippen molar-refractivity contribution in [3.63, 3.8) is 0 Å². The predicted molar refractivity (Wildman–Crippen MR) is 165 cm³/mol. The quantitative estimate of drug-likeness (QED) is 0.183. The summed E-state index contributed by atoms with van der Waals surface area (Å²) in [4.78, 5) is 32.6. The lowest BCUT2D eigenvalue weighted by molar-refractivity contribution is -0.106. The smallest absolute Gasteiger partial charge is 0.211 e. The first-order valence-electron chi connectivity index (χ1n) is 13.4. The zero-order chi connectivity index (χ0) is 32.5. The molecule has 5 rings (SSSR count). The highest BCUT2D eigenvalue weighted by Gasteiger charge is 2.30. The summed E-state index contributed by atoms with van der Waals surface area (Å²) in [5.41, 5.74) is 7.75. The average Bonchev–Trinajstić information content (AvgIpc) is 3.73. The first kappa shape index (κ1) is 35.1. The molecule has 0 bridgehead atoms. The van der Waals surface area contributed by atoms with Crippen molar-refractivity contribution in [1.82, 2.24) is 4.98 Å². The van der Waals surface area contributed by atoms with E-state index in [1.165, 1.54) is 62.4 Å². The number of carbonyl (C=O) groups excluding carboxylic acids is 3. The van der Waals surface area contributed by atoms with Gasteiger partial charge in [-0.3, -0.25) is 14.6 Å². The van der Waals surface area contributed by atoms with Crippen molar-refractivity contribution >= 4 is 41.9 Å². The van der Waals surface area contributed by atoms with Crippen molar-refractivity contribution in [2.24, 2.45) is 11.1 Å². The lowest BCUT2D eigenvalue weighted by Gasteiger charge is -2.14. The van der Waals surface area contributed by atoms with Gasteiger partial charge in [0.15, 0.2) is 23.1 Å². The lowest BCUT2D eigenvalue weighted by atomic mass is 10.1. The Morgan fingerprint density at radius 1 is 0.886 bits per heavy atom. The van der Waals surface area contributed by atoms with E-state index in [0.717, 1.165) is 5.41 Å². The van der Waals surface area contributed by atoms with Gasteiger partial charge in [0.2, 0.25) is 12.8 Å². The molecule has 1 saturated carbocycles. The standard InChI is InChI=1S/C19H18FN3O4.C7H6FNO.C5H10.CH2O/c1-25-18-9-13-15(10-19(18)26-7-5-21)22-6-4-16(13)27-17-3-2-12(23-11-24)8-14(17)20;8-6-1-3-7(4-2-6)9-5-10;1-5(2)3-4-5;1-2/h2-4,6,8-11H,5,7,21H2,1H3,(H,23,24);1-5H,(H,9,10);3-4H2,1-2H3;1H2. The van der Waals surface area contributed by atoms with Crippen molar-refractivity contribution < 1.29 is 37.4 Å². The Morgan fingerprint density at radius 3 is 2.05 bits per heavy atom. The molecule has 234 valence electrons. The van der Waals surface area contributed by atoms with Gasteiger partial charge in [-0.2, -0.15) is 0 Å². The van der Waals surface area contributed by atoms with Crippen LogP contribution in [-0.2, 0) is 14.4 Å². The summed E-state index contributed by atoms with van der Waals surface area (Å²) in [6.07, 6.45) is 5.48. The molecule has 1 aromatic heterocycles. The Labute approximate surface area is 254 Å². The van der Waals surface area contributed by atoms with Crippen LogP contribution in [0.2, 0.25) is 0 Å². The Bertz CT molecular complexity index is 1500. The number of hydrogen-bond acceptors (Lipinski definition) is 8. The number of fused-ring (bicyclic) bond motifs is 1. The van der Waals surface area contributed by atoms with E-state index < -0.39 is 5.82 Å². The number of anilines is 2. The van der Waals surface area contributed by atoms with Gasteiger partial charge in [0.25, 0.3) is 0 Å². The summed E-state index contributed by atoms with van der Waals surface area (Å²) in [6, 6.07) is 14.7. The summed E-state index contributed by atoms with van der Waals surface area (Å²) in [5, 5.41) is 5.40. The maximum absolute atomic E-state index is 14.3. The number of methoxy groups -OCH3 is 1. The molecule has 4 N–H and O–H groups in total. The average molecular weight is 611 g/mol. The van der Waals surface area contributed by atoms with Gasteiger partial charge in [-0.1, -0.05) is 13.8 Å². The van der Waals surface area contributed by atoms with Gasteiger partial charge < -0.3 is 35.4 Å². The summed E-state index contributed by atoms with van der Waals surface area (Å²) in [5.74, 6) is 0.494. The summed E-state index contributed by atoms with van der Waals surface area (Å²) in [7, 11) is 1.52. The third kappa shape index (κ3) is 11.3. The highest BCUT2D eigenvalue weighted by atomic mass is 19.1. The molecule has 0 saturated heterocycles. The first-order valence-corrected chi connectivity index (χ1v) is 13.4. The van der Waals surface area contributed by atoms with E-state index in [4.69, 9.17) is 24.7 Å². The number of hydrogen-bond donors (Lipinski definition) is 3. The number of nitrogens with zero attached hydrogens (tertiary/aromatic N) is 1. The van der Waals surface area contributed by atoms with Crippen molar-refractivity contribution in [2.75, 3.05) is 30.9 Å². The molecule has 1 aliphatic carbocycles. The number of aromatic nitrogens is 1. The minimum absolute atomic E-state index is 0.0152. The zero-order valence-corrected chi connectivity index (χ0v) is 24.8. The second-order valence-electron chi connectivity index (χ2n) is 9.91. The third-order valence-corrected chi connectivity index (χ3v) is 6.06. The molecule has 0 radical (unpaired) electrons. The van der Waals surface area contributed by atoms with Crippen molar-refractivity contribution in [3.05, 3.63) is 78.5 Å². The zero-order valence-electron chi connectivity index (χ0n) is 24.8. The van der Waals surface area contributed by atoms with E-state index in [1.807, 2.05) is 6.79 Å². The number of nitrogens with one attached hydrogen (secondary N) is 2. The maximum atomic E-state index is 14.3. The molecule has 1 heterocycles. The molecule has 3 aromatic carbocycles. The lowest BCUT2D eigenvalue weighted by Crippen LogP contribution is -2.11. The Hall–Kier alpha value is -5.10. The molecule has 44 heavy (non-hydrogen) atoms. The van der Waals surface area contributed by atoms with Crippen molar-refractivity contribution in [1.29, 1.82) is 0 Å². The van der Waals surface area contributed by atoms with Crippen LogP contribution in [-0.4, -0.2) is 44.9 Å². The third-order valence-electron chi connectivity index (χ3n) is 6.06. The fraction of sp³-hybridized carbons (Fsp3) is 0.250. The van der Waals surface area contributed by atoms with Crippen LogP contribution in [0.1, 0.15) is 26.7 Å². The molecular weight excluding hydrogens is 574 g/mol. The SMILES string of the molecule is C=O.CC1(C)CC1.COc1cc2c(Oc3ccc(NC=O)cc3F)ccnc2cc1OCCN.O=CNc1ccc(F)cc1. The van der Waals surface area contributed by atoms with Crippen LogP contribution in [0.3, 0.4) is 0 Å². The Kier molecular flexibility index (Phi) is 14.2. The Morgan fingerprint density at radius 2 is 1.50 bits per heavy atom. The van der Waals surface area contributed by atoms with Gasteiger partial charge in [-0.25, -0.2) is 8.78 Å². The number of nitrogens with two attached hydrogens (primary N) is 1. The second-order valence-corrected chi connectivity index (χ2v) is 9.91. The molecule has 0 spiro atoms. The van der Waals surface area contributed by atoms with E-state index in [9.17, 15) is 18.4 Å². The predicted octanol–water partition coefficient (Wildman–Crippen LogP) is 6.10. The highest BCUT2D eigenvalue weighted by Crippen LogP contribution is 2.43. The van der Waals surface area contributed by atoms with Gasteiger partial charge >= 0.3 is 0 Å². The Balaban J connectivity index is 0.000000323. The van der Waals surface area contributed by atoms with Gasteiger partial charge in [0, 0.05) is 41.6 Å². The number of benzene rings is 3. The fourth-order valence-electron chi connectivity index (χ4n) is 3.38. The molecule has 2 amide bonds. The molecule has 1 fully saturated rings. The van der Waals surface area contributed by atoms with E-state index >= 15 is 0 Å². The molecule has 12 heteroatoms. The molecule has 1 aliphatic rings. The number of pyridine rings is 1. The van der Waals surface area contributed by atoms with Crippen LogP contribution in [0.25, 0.3) is 10.9 Å². The van der Waals surface area contributed by atoms with Gasteiger partial charge in [-0.05, 0) is 66.8 Å².